The highest BCUT2D eigenvalue weighted by Crippen LogP contribution is 2.52. The van der Waals surface area contributed by atoms with Crippen LogP contribution < -0.4 is 4.90 Å². The number of carbonyl (C=O) groups is 2. The van der Waals surface area contributed by atoms with Gasteiger partial charge >= 0.3 is 5.97 Å². The Hall–Kier alpha value is -3.74. The monoisotopic (exact) mass is 452 g/mol. The van der Waals surface area contributed by atoms with Gasteiger partial charge in [-0.15, -0.1) is 0 Å². The molecular weight excluding hydrogens is 428 g/mol. The molecule has 1 aromatic carbocycles. The molecule has 2 fully saturated rings. The third kappa shape index (κ3) is 2.76. The number of anilines is 1. The Morgan fingerprint density at radius 1 is 0.971 bits per heavy atom. The van der Waals surface area contributed by atoms with Gasteiger partial charge in [0.15, 0.2) is 5.60 Å². The molecule has 1 atom stereocenters. The van der Waals surface area contributed by atoms with Crippen molar-refractivity contribution in [2.75, 3.05) is 18.0 Å². The van der Waals surface area contributed by atoms with E-state index in [1.54, 1.807) is 12.4 Å². The van der Waals surface area contributed by atoms with Gasteiger partial charge in [0.1, 0.15) is 5.82 Å². The maximum absolute atomic E-state index is 13.7. The second kappa shape index (κ2) is 6.88. The number of hydrogen-bond acceptors (Lipinski definition) is 6. The quantitative estimate of drug-likeness (QED) is 0.568. The smallest absolute Gasteiger partial charge is 0.341 e. The van der Waals surface area contributed by atoms with E-state index in [4.69, 9.17) is 9.72 Å². The van der Waals surface area contributed by atoms with Crippen LogP contribution >= 0.6 is 0 Å². The van der Waals surface area contributed by atoms with E-state index in [-0.39, 0.29) is 11.9 Å². The second-order valence-corrected chi connectivity index (χ2v) is 9.89. The summed E-state index contributed by atoms with van der Waals surface area (Å²) in [6.07, 6.45) is 7.39. The Morgan fingerprint density at radius 2 is 1.76 bits per heavy atom. The van der Waals surface area contributed by atoms with E-state index in [0.29, 0.717) is 25.1 Å². The van der Waals surface area contributed by atoms with E-state index in [1.807, 2.05) is 23.2 Å². The molecule has 2 aromatic heterocycles. The standard InChI is InChI=1S/C27H24N4O3/c32-24-21-14-28-11-7-22(21)27(34-24)10-12-30(17-27)25(33)26(8-9-26)20-5-6-23(29-13-20)31-15-18-3-1-2-4-19(18)16-31/h1-7,11,13-14H,8-10,12,15-17H2. The minimum atomic E-state index is -0.742. The van der Waals surface area contributed by atoms with Crippen LogP contribution in [0, 0.1) is 0 Å². The van der Waals surface area contributed by atoms with Crippen LogP contribution in [0.15, 0.2) is 61.1 Å². The highest BCUT2D eigenvalue weighted by atomic mass is 16.6. The average molecular weight is 453 g/mol. The Morgan fingerprint density at radius 3 is 2.47 bits per heavy atom. The molecule has 0 N–H and O–H groups in total. The number of hydrogen-bond donors (Lipinski definition) is 0. The van der Waals surface area contributed by atoms with E-state index in [9.17, 15) is 9.59 Å². The minimum Gasteiger partial charge on any atom is -0.449 e. The number of ether oxygens (including phenoxy) is 1. The van der Waals surface area contributed by atoms with Crippen LogP contribution in [0.2, 0.25) is 0 Å². The van der Waals surface area contributed by atoms with Gasteiger partial charge in [0, 0.05) is 50.2 Å². The highest BCUT2D eigenvalue weighted by Gasteiger charge is 2.58. The van der Waals surface area contributed by atoms with Crippen LogP contribution in [-0.2, 0) is 33.6 Å². The summed E-state index contributed by atoms with van der Waals surface area (Å²) in [6, 6.07) is 14.4. The van der Waals surface area contributed by atoms with Crippen LogP contribution in [0.25, 0.3) is 0 Å². The maximum Gasteiger partial charge on any atom is 0.341 e. The van der Waals surface area contributed by atoms with Crippen LogP contribution in [0.4, 0.5) is 5.82 Å². The number of pyridine rings is 2. The summed E-state index contributed by atoms with van der Waals surface area (Å²) in [5.74, 6) is 0.708. The second-order valence-electron chi connectivity index (χ2n) is 9.89. The van der Waals surface area contributed by atoms with Gasteiger partial charge in [-0.3, -0.25) is 9.78 Å². The van der Waals surface area contributed by atoms with Crippen molar-refractivity contribution in [3.63, 3.8) is 0 Å². The van der Waals surface area contributed by atoms with Crippen molar-refractivity contribution in [2.45, 2.75) is 43.4 Å². The number of fused-ring (bicyclic) bond motifs is 3. The number of benzene rings is 1. The fourth-order valence-electron chi connectivity index (χ4n) is 5.91. The Balaban J connectivity index is 1.10. The van der Waals surface area contributed by atoms with Gasteiger partial charge in [0.2, 0.25) is 5.91 Å². The van der Waals surface area contributed by atoms with Crippen molar-refractivity contribution in [3.05, 3.63) is 88.9 Å². The molecule has 7 nitrogen and oxygen atoms in total. The van der Waals surface area contributed by atoms with Crippen LogP contribution in [0.1, 0.15) is 51.9 Å². The van der Waals surface area contributed by atoms with E-state index in [0.717, 1.165) is 42.9 Å². The molecule has 34 heavy (non-hydrogen) atoms. The lowest BCUT2D eigenvalue weighted by molar-refractivity contribution is -0.134. The van der Waals surface area contributed by atoms with E-state index in [2.05, 4.69) is 40.2 Å². The van der Waals surface area contributed by atoms with E-state index < -0.39 is 11.0 Å². The molecule has 1 aliphatic carbocycles. The summed E-state index contributed by atoms with van der Waals surface area (Å²) in [6.45, 7) is 2.69. The zero-order chi connectivity index (χ0) is 22.9. The van der Waals surface area contributed by atoms with Gasteiger partial charge in [-0.05, 0) is 41.7 Å². The van der Waals surface area contributed by atoms with Crippen molar-refractivity contribution in [1.29, 1.82) is 0 Å². The zero-order valence-electron chi connectivity index (χ0n) is 18.7. The molecule has 1 amide bonds. The van der Waals surface area contributed by atoms with Gasteiger partial charge in [-0.2, -0.15) is 0 Å². The summed E-state index contributed by atoms with van der Waals surface area (Å²) < 4.78 is 5.81. The first kappa shape index (κ1) is 19.7. The summed E-state index contributed by atoms with van der Waals surface area (Å²) in [4.78, 5) is 39.0. The summed E-state index contributed by atoms with van der Waals surface area (Å²) in [5.41, 5.74) is 3.78. The molecule has 4 aliphatic rings. The Labute approximate surface area is 197 Å². The molecule has 1 unspecified atom stereocenters. The van der Waals surface area contributed by atoms with Crippen molar-refractivity contribution in [2.24, 2.45) is 0 Å². The van der Waals surface area contributed by atoms with Gasteiger partial charge in [-0.25, -0.2) is 9.78 Å². The first-order valence-corrected chi connectivity index (χ1v) is 11.8. The summed E-state index contributed by atoms with van der Waals surface area (Å²) in [5, 5.41) is 0. The van der Waals surface area contributed by atoms with Crippen LogP contribution in [-0.4, -0.2) is 39.8 Å². The predicted molar refractivity (Wildman–Crippen MR) is 124 cm³/mol. The normalized spacial score (nSPS) is 23.7. The third-order valence-corrected chi connectivity index (χ3v) is 7.96. The number of amides is 1. The fraction of sp³-hybridized carbons (Fsp3) is 0.333. The maximum atomic E-state index is 13.7. The number of nitrogens with zero attached hydrogens (tertiary/aromatic N) is 4. The fourth-order valence-corrected chi connectivity index (χ4v) is 5.91. The first-order chi connectivity index (χ1) is 16.6. The molecule has 3 aromatic rings. The molecule has 1 saturated heterocycles. The molecule has 7 heteroatoms. The van der Waals surface area contributed by atoms with Gasteiger partial charge in [-0.1, -0.05) is 30.3 Å². The first-order valence-electron chi connectivity index (χ1n) is 11.8. The van der Waals surface area contributed by atoms with Crippen LogP contribution in [0.5, 0.6) is 0 Å². The molecule has 0 bridgehead atoms. The van der Waals surface area contributed by atoms with Gasteiger partial charge in [0.05, 0.1) is 17.5 Å². The van der Waals surface area contributed by atoms with Gasteiger partial charge < -0.3 is 14.5 Å². The predicted octanol–water partition coefficient (Wildman–Crippen LogP) is 3.33. The summed E-state index contributed by atoms with van der Waals surface area (Å²) >= 11 is 0. The largest absolute Gasteiger partial charge is 0.449 e. The molecule has 1 spiro atoms. The Kier molecular flexibility index (Phi) is 3.99. The third-order valence-electron chi connectivity index (χ3n) is 7.96. The minimum absolute atomic E-state index is 0.117. The number of likely N-dealkylation sites (tertiary alicyclic amines) is 1. The van der Waals surface area contributed by atoms with E-state index >= 15 is 0 Å². The Bertz CT molecular complexity index is 1310. The number of rotatable bonds is 3. The van der Waals surface area contributed by atoms with Crippen LogP contribution in [0.3, 0.4) is 0 Å². The number of esters is 1. The molecule has 1 saturated carbocycles. The lowest BCUT2D eigenvalue weighted by atomic mass is 9.92. The van der Waals surface area contributed by atoms with Gasteiger partial charge in [0.25, 0.3) is 0 Å². The number of carbonyl (C=O) groups excluding carboxylic acids is 2. The molecule has 170 valence electrons. The zero-order valence-corrected chi connectivity index (χ0v) is 18.7. The SMILES string of the molecule is O=C1OC2(CCN(C(=O)C3(c4ccc(N5Cc6ccccc6C5)nc4)CC3)C2)c2ccncc21. The van der Waals surface area contributed by atoms with E-state index in [1.165, 1.54) is 11.1 Å². The topological polar surface area (TPSA) is 75.6 Å². The highest BCUT2D eigenvalue weighted by molar-refractivity contribution is 5.95. The molecule has 5 heterocycles. The summed E-state index contributed by atoms with van der Waals surface area (Å²) in [7, 11) is 0. The van der Waals surface area contributed by atoms with Crippen molar-refractivity contribution >= 4 is 17.7 Å². The molecule has 0 radical (unpaired) electrons. The van der Waals surface area contributed by atoms with Crippen molar-refractivity contribution in [1.82, 2.24) is 14.9 Å². The number of aromatic nitrogens is 2. The van der Waals surface area contributed by atoms with Crippen molar-refractivity contribution in [3.8, 4) is 0 Å². The lowest BCUT2D eigenvalue weighted by Crippen LogP contribution is -2.40. The molecule has 3 aliphatic heterocycles. The lowest BCUT2D eigenvalue weighted by Gasteiger charge is -2.27. The molecule has 7 rings (SSSR count). The van der Waals surface area contributed by atoms with Crippen molar-refractivity contribution < 1.29 is 14.3 Å². The molecular formula is C27H24N4O3. The average Bonchev–Trinajstić information content (AvgIpc) is 3.26.